The van der Waals surface area contributed by atoms with Crippen LogP contribution in [-0.2, 0) is 19.4 Å². The van der Waals surface area contributed by atoms with Crippen LogP contribution in [0.25, 0.3) is 0 Å². The molecule has 134 valence electrons. The van der Waals surface area contributed by atoms with Crippen LogP contribution in [0.4, 0.5) is 18.0 Å². The van der Waals surface area contributed by atoms with Gasteiger partial charge in [-0.25, -0.2) is 4.79 Å². The molecule has 0 radical (unpaired) electrons. The second-order valence-corrected chi connectivity index (χ2v) is 6.96. The zero-order valence-corrected chi connectivity index (χ0v) is 13.9. The molecule has 1 aromatic rings. The third-order valence-corrected chi connectivity index (χ3v) is 5.14. The summed E-state index contributed by atoms with van der Waals surface area (Å²) in [5, 5.41) is 10.9. The number of nitrogens with zero attached hydrogens (tertiary/aromatic N) is 4. The number of urea groups is 1. The van der Waals surface area contributed by atoms with Crippen molar-refractivity contribution < 1.29 is 18.0 Å². The number of likely N-dealkylation sites (tertiary alicyclic amines) is 1. The Morgan fingerprint density at radius 1 is 1.33 bits per heavy atom. The molecule has 6 nitrogen and oxygen atoms in total. The zero-order valence-electron chi connectivity index (χ0n) is 13.9. The van der Waals surface area contributed by atoms with Gasteiger partial charge in [0.15, 0.2) is 0 Å². The minimum absolute atomic E-state index is 0.0540. The highest BCUT2D eigenvalue weighted by Gasteiger charge is 2.56. The van der Waals surface area contributed by atoms with E-state index >= 15 is 0 Å². The summed E-state index contributed by atoms with van der Waals surface area (Å²) in [7, 11) is 0. The Kier molecular flexibility index (Phi) is 4.21. The summed E-state index contributed by atoms with van der Waals surface area (Å²) in [5.74, 6) is 0.289. The summed E-state index contributed by atoms with van der Waals surface area (Å²) < 4.78 is 41.3. The lowest BCUT2D eigenvalue weighted by Gasteiger charge is -2.36. The number of carbonyl (C=O) groups is 1. The highest BCUT2D eigenvalue weighted by Crippen LogP contribution is 2.44. The summed E-state index contributed by atoms with van der Waals surface area (Å²) in [6.45, 7) is 4.29. The Labute approximate surface area is 138 Å². The van der Waals surface area contributed by atoms with Gasteiger partial charge in [0.05, 0.1) is 11.5 Å². The third kappa shape index (κ3) is 2.95. The monoisotopic (exact) mass is 345 g/mol. The average molecular weight is 345 g/mol. The normalized spacial score (nSPS) is 22.7. The number of fused-ring (bicyclic) bond motifs is 1. The molecule has 2 aliphatic heterocycles. The van der Waals surface area contributed by atoms with Gasteiger partial charge in [-0.1, -0.05) is 0 Å². The maximum absolute atomic E-state index is 13.1. The van der Waals surface area contributed by atoms with Crippen LogP contribution in [0.3, 0.4) is 0 Å². The molecule has 0 bridgehead atoms. The molecule has 1 atom stereocenters. The number of carbonyl (C=O) groups excluding carboxylic acids is 1. The fraction of sp³-hybridized carbons (Fsp3) is 0.800. The molecule has 0 unspecified atom stereocenters. The maximum Gasteiger partial charge on any atom is 0.394 e. The van der Waals surface area contributed by atoms with E-state index in [1.165, 1.54) is 18.7 Å². The van der Waals surface area contributed by atoms with Crippen molar-refractivity contribution in [2.24, 2.45) is 5.92 Å². The van der Waals surface area contributed by atoms with Gasteiger partial charge in [-0.2, -0.15) is 13.2 Å². The van der Waals surface area contributed by atoms with E-state index in [4.69, 9.17) is 0 Å². The predicted molar refractivity (Wildman–Crippen MR) is 80.4 cm³/mol. The van der Waals surface area contributed by atoms with Gasteiger partial charge in [0.25, 0.3) is 0 Å². The van der Waals surface area contributed by atoms with Gasteiger partial charge in [0.1, 0.15) is 11.6 Å². The third-order valence-electron chi connectivity index (χ3n) is 5.14. The van der Waals surface area contributed by atoms with E-state index in [1.807, 2.05) is 4.57 Å². The maximum atomic E-state index is 13.1. The number of aromatic nitrogens is 3. The molecular weight excluding hydrogens is 323 g/mol. The van der Waals surface area contributed by atoms with Crippen LogP contribution in [-0.4, -0.2) is 50.5 Å². The van der Waals surface area contributed by atoms with Crippen molar-refractivity contribution in [2.45, 2.75) is 57.8 Å². The first kappa shape index (κ1) is 17.0. The van der Waals surface area contributed by atoms with E-state index in [0.29, 0.717) is 13.0 Å². The molecule has 1 N–H and O–H groups in total. The van der Waals surface area contributed by atoms with Gasteiger partial charge in [-0.15, -0.1) is 10.2 Å². The Bertz CT molecular complexity index is 625. The van der Waals surface area contributed by atoms with E-state index in [0.717, 1.165) is 31.0 Å². The summed E-state index contributed by atoms with van der Waals surface area (Å²) in [6, 6.07) is -0.451. The first-order valence-electron chi connectivity index (χ1n) is 8.24. The minimum atomic E-state index is -4.29. The number of amides is 2. The Balaban J connectivity index is 1.55. The van der Waals surface area contributed by atoms with Crippen LogP contribution in [0.15, 0.2) is 0 Å². The molecule has 3 heterocycles. The SMILES string of the molecule is CC1(C)[C@H](C(F)(F)F)CCN1C(=O)NCCc1nnc2n1CCC2. The lowest BCUT2D eigenvalue weighted by atomic mass is 9.88. The van der Waals surface area contributed by atoms with Gasteiger partial charge < -0.3 is 14.8 Å². The lowest BCUT2D eigenvalue weighted by molar-refractivity contribution is -0.189. The predicted octanol–water partition coefficient (Wildman–Crippen LogP) is 2.14. The van der Waals surface area contributed by atoms with Crippen molar-refractivity contribution in [3.8, 4) is 0 Å². The summed E-state index contributed by atoms with van der Waals surface area (Å²) in [5.41, 5.74) is -1.24. The van der Waals surface area contributed by atoms with Gasteiger partial charge >= 0.3 is 12.2 Å². The highest BCUT2D eigenvalue weighted by molar-refractivity contribution is 5.75. The molecule has 1 aromatic heterocycles. The van der Waals surface area contributed by atoms with Crippen LogP contribution < -0.4 is 5.32 Å². The van der Waals surface area contributed by atoms with Gasteiger partial charge in [-0.05, 0) is 26.7 Å². The van der Waals surface area contributed by atoms with E-state index in [9.17, 15) is 18.0 Å². The second kappa shape index (κ2) is 5.93. The number of halogens is 3. The van der Waals surface area contributed by atoms with Gasteiger partial charge in [-0.3, -0.25) is 0 Å². The fourth-order valence-electron chi connectivity index (χ4n) is 3.79. The first-order valence-corrected chi connectivity index (χ1v) is 8.24. The highest BCUT2D eigenvalue weighted by atomic mass is 19.4. The molecule has 0 aliphatic carbocycles. The van der Waals surface area contributed by atoms with Crippen molar-refractivity contribution in [2.75, 3.05) is 13.1 Å². The largest absolute Gasteiger partial charge is 0.394 e. The average Bonchev–Trinajstić information content (AvgIpc) is 3.12. The Hall–Kier alpha value is -1.80. The first-order chi connectivity index (χ1) is 11.2. The van der Waals surface area contributed by atoms with Crippen molar-refractivity contribution in [3.63, 3.8) is 0 Å². The quantitative estimate of drug-likeness (QED) is 0.913. The van der Waals surface area contributed by atoms with Crippen molar-refractivity contribution in [1.82, 2.24) is 25.0 Å². The Morgan fingerprint density at radius 3 is 2.75 bits per heavy atom. The van der Waals surface area contributed by atoms with E-state index in [2.05, 4.69) is 15.5 Å². The molecule has 1 saturated heterocycles. The summed E-state index contributed by atoms with van der Waals surface area (Å²) >= 11 is 0. The van der Waals surface area contributed by atoms with Gasteiger partial charge in [0.2, 0.25) is 0 Å². The number of nitrogens with one attached hydrogen (secondary N) is 1. The molecule has 0 spiro atoms. The van der Waals surface area contributed by atoms with Crippen LogP contribution >= 0.6 is 0 Å². The molecule has 24 heavy (non-hydrogen) atoms. The van der Waals surface area contributed by atoms with Crippen LogP contribution in [0.1, 0.15) is 38.3 Å². The molecule has 9 heteroatoms. The van der Waals surface area contributed by atoms with Crippen molar-refractivity contribution in [3.05, 3.63) is 11.6 Å². The Morgan fingerprint density at radius 2 is 2.08 bits per heavy atom. The van der Waals surface area contributed by atoms with Crippen LogP contribution in [0.5, 0.6) is 0 Å². The van der Waals surface area contributed by atoms with Crippen LogP contribution in [0.2, 0.25) is 0 Å². The van der Waals surface area contributed by atoms with Gasteiger partial charge in [0, 0.05) is 32.5 Å². The van der Waals surface area contributed by atoms with Crippen molar-refractivity contribution in [1.29, 1.82) is 0 Å². The zero-order chi connectivity index (χ0) is 17.5. The van der Waals surface area contributed by atoms with E-state index in [-0.39, 0.29) is 13.0 Å². The number of rotatable bonds is 3. The smallest absolute Gasteiger partial charge is 0.338 e. The molecule has 0 saturated carbocycles. The number of hydrogen-bond donors (Lipinski definition) is 1. The minimum Gasteiger partial charge on any atom is -0.338 e. The van der Waals surface area contributed by atoms with E-state index in [1.54, 1.807) is 0 Å². The molecule has 0 aromatic carbocycles. The lowest BCUT2D eigenvalue weighted by Crippen LogP contribution is -2.53. The molecular formula is C15H22F3N5O. The standard InChI is InChI=1S/C15H22F3N5O/c1-14(2)10(15(16,17)18)6-9-23(14)13(24)19-7-5-12-21-20-11-4-3-8-22(11)12/h10H,3-9H2,1-2H3,(H,19,24)/t10-/m1/s1. The summed E-state index contributed by atoms with van der Waals surface area (Å²) in [6.07, 6.45) is -1.86. The van der Waals surface area contributed by atoms with Crippen LogP contribution in [0, 0.1) is 5.92 Å². The second-order valence-electron chi connectivity index (χ2n) is 6.96. The molecule has 2 aliphatic rings. The molecule has 1 fully saturated rings. The molecule has 2 amide bonds. The summed E-state index contributed by atoms with van der Waals surface area (Å²) in [4.78, 5) is 13.6. The number of hydrogen-bond acceptors (Lipinski definition) is 3. The van der Waals surface area contributed by atoms with E-state index < -0.39 is 23.7 Å². The fourth-order valence-corrected chi connectivity index (χ4v) is 3.79. The topological polar surface area (TPSA) is 63.1 Å². The number of aryl methyl sites for hydroxylation is 1. The molecule has 3 rings (SSSR count). The van der Waals surface area contributed by atoms with Crippen molar-refractivity contribution >= 4 is 6.03 Å². The number of alkyl halides is 3.